The molecule has 3 amide bonds. The van der Waals surface area contributed by atoms with Crippen LogP contribution in [0.25, 0.3) is 10.9 Å². The van der Waals surface area contributed by atoms with E-state index in [1.165, 1.54) is 0 Å². The van der Waals surface area contributed by atoms with Gasteiger partial charge in [-0.2, -0.15) is 5.26 Å². The number of nitrogens with zero attached hydrogens (tertiary/aromatic N) is 4. The molecule has 0 bridgehead atoms. The van der Waals surface area contributed by atoms with Crippen LogP contribution in [0.1, 0.15) is 22.3 Å². The van der Waals surface area contributed by atoms with Crippen LogP contribution in [0, 0.1) is 23.2 Å². The van der Waals surface area contributed by atoms with Gasteiger partial charge in [-0.25, -0.2) is 15.3 Å². The lowest BCUT2D eigenvalue weighted by Crippen LogP contribution is -2.40. The molecule has 2 aliphatic rings. The van der Waals surface area contributed by atoms with Gasteiger partial charge >= 0.3 is 6.03 Å². The average molecular weight is 457 g/mol. The van der Waals surface area contributed by atoms with Crippen molar-refractivity contribution in [3.05, 3.63) is 65.7 Å². The molecule has 0 aliphatic carbocycles. The number of piperidine rings is 1. The Morgan fingerprint density at radius 1 is 1.03 bits per heavy atom. The molecular weight excluding hydrogens is 432 g/mol. The molecule has 0 radical (unpaired) electrons. The number of aromatic nitrogens is 1. The smallest absolute Gasteiger partial charge is 0.321 e. The summed E-state index contributed by atoms with van der Waals surface area (Å²) < 4.78 is 0. The number of anilines is 2. The molecule has 2 saturated heterocycles. The first-order chi connectivity index (χ1) is 16.5. The van der Waals surface area contributed by atoms with Crippen molar-refractivity contribution in [1.29, 1.82) is 5.26 Å². The van der Waals surface area contributed by atoms with Gasteiger partial charge < -0.3 is 15.1 Å². The van der Waals surface area contributed by atoms with Crippen molar-refractivity contribution in [3.8, 4) is 6.07 Å². The standard InChI is InChI=1S/C25H24N6O3/c26-12-16-1-7-22-18(11-16)4-8-23(28-22)30-10-9-19-13-31(15-20(19)14-30)25(33)27-21-5-2-17(3-6-21)24(32)29-34/h1-8,11,19-20,34H,9-10,13-15H2,(H,27,33)(H,29,32). The van der Waals surface area contributed by atoms with Gasteiger partial charge in [0.25, 0.3) is 5.91 Å². The number of rotatable bonds is 3. The molecule has 9 nitrogen and oxygen atoms in total. The molecule has 3 N–H and O–H groups in total. The molecule has 2 aromatic carbocycles. The van der Waals surface area contributed by atoms with Crippen molar-refractivity contribution in [2.75, 3.05) is 36.4 Å². The number of carbonyl (C=O) groups excluding carboxylic acids is 2. The number of likely N-dealkylation sites (tertiary alicyclic amines) is 1. The Morgan fingerprint density at radius 2 is 1.82 bits per heavy atom. The summed E-state index contributed by atoms with van der Waals surface area (Å²) in [5.74, 6) is 1.15. The van der Waals surface area contributed by atoms with Crippen molar-refractivity contribution >= 4 is 34.3 Å². The van der Waals surface area contributed by atoms with Gasteiger partial charge in [0.05, 0.1) is 17.1 Å². The number of hydrogen-bond acceptors (Lipinski definition) is 6. The fourth-order valence-electron chi connectivity index (χ4n) is 4.88. The van der Waals surface area contributed by atoms with Gasteiger partial charge in [-0.15, -0.1) is 0 Å². The van der Waals surface area contributed by atoms with Gasteiger partial charge in [0.15, 0.2) is 0 Å². The third kappa shape index (κ3) is 4.23. The number of benzene rings is 2. The maximum absolute atomic E-state index is 12.8. The Morgan fingerprint density at radius 3 is 2.59 bits per heavy atom. The van der Waals surface area contributed by atoms with Crippen molar-refractivity contribution in [1.82, 2.24) is 15.4 Å². The number of nitrogens with one attached hydrogen (secondary N) is 2. The number of amides is 3. The molecule has 2 aliphatic heterocycles. The molecule has 3 heterocycles. The maximum atomic E-state index is 12.8. The fraction of sp³-hybridized carbons (Fsp3) is 0.280. The first kappa shape index (κ1) is 21.7. The Labute approximate surface area is 196 Å². The van der Waals surface area contributed by atoms with Crippen LogP contribution in [-0.4, -0.2) is 53.2 Å². The van der Waals surface area contributed by atoms with E-state index in [0.29, 0.717) is 35.2 Å². The minimum absolute atomic E-state index is 0.155. The molecule has 1 aromatic heterocycles. The zero-order valence-corrected chi connectivity index (χ0v) is 18.4. The zero-order valence-electron chi connectivity index (χ0n) is 18.4. The van der Waals surface area contributed by atoms with Crippen LogP contribution >= 0.6 is 0 Å². The summed E-state index contributed by atoms with van der Waals surface area (Å²) >= 11 is 0. The van der Waals surface area contributed by atoms with E-state index in [2.05, 4.69) is 16.3 Å². The normalized spacial score (nSPS) is 19.4. The van der Waals surface area contributed by atoms with E-state index >= 15 is 0 Å². The molecule has 2 atom stereocenters. The molecule has 9 heteroatoms. The molecule has 34 heavy (non-hydrogen) atoms. The number of pyridine rings is 1. The first-order valence-corrected chi connectivity index (χ1v) is 11.2. The number of hydrogen-bond donors (Lipinski definition) is 3. The highest BCUT2D eigenvalue weighted by molar-refractivity contribution is 5.95. The number of carbonyl (C=O) groups is 2. The van der Waals surface area contributed by atoms with Crippen LogP contribution in [0.15, 0.2) is 54.6 Å². The van der Waals surface area contributed by atoms with E-state index in [0.717, 1.165) is 42.8 Å². The number of nitriles is 1. The topological polar surface area (TPSA) is 122 Å². The molecule has 5 rings (SSSR count). The SMILES string of the molecule is N#Cc1ccc2nc(N3CCC4CN(C(=O)Nc5ccc(C(=O)NO)cc5)CC4C3)ccc2c1. The zero-order chi connectivity index (χ0) is 23.7. The Balaban J connectivity index is 1.22. The Kier molecular flexibility index (Phi) is 5.74. The highest BCUT2D eigenvalue weighted by Gasteiger charge is 2.39. The first-order valence-electron chi connectivity index (χ1n) is 11.2. The van der Waals surface area contributed by atoms with E-state index in [1.807, 2.05) is 29.2 Å². The third-order valence-corrected chi connectivity index (χ3v) is 6.72. The summed E-state index contributed by atoms with van der Waals surface area (Å²) in [5, 5.41) is 21.6. The largest absolute Gasteiger partial charge is 0.356 e. The minimum Gasteiger partial charge on any atom is -0.356 e. The number of hydroxylamine groups is 1. The fourth-order valence-corrected chi connectivity index (χ4v) is 4.88. The second-order valence-corrected chi connectivity index (χ2v) is 8.80. The number of fused-ring (bicyclic) bond motifs is 2. The van der Waals surface area contributed by atoms with Crippen molar-refractivity contribution in [2.45, 2.75) is 6.42 Å². The minimum atomic E-state index is -0.598. The van der Waals surface area contributed by atoms with E-state index in [-0.39, 0.29) is 6.03 Å². The van der Waals surface area contributed by atoms with Gasteiger partial charge in [0, 0.05) is 42.8 Å². The van der Waals surface area contributed by atoms with Crippen LogP contribution in [0.5, 0.6) is 0 Å². The van der Waals surface area contributed by atoms with Gasteiger partial charge in [0.2, 0.25) is 0 Å². The molecule has 2 fully saturated rings. The average Bonchev–Trinajstić information content (AvgIpc) is 3.32. The molecular formula is C25H24N6O3. The predicted molar refractivity (Wildman–Crippen MR) is 127 cm³/mol. The highest BCUT2D eigenvalue weighted by atomic mass is 16.5. The van der Waals surface area contributed by atoms with Gasteiger partial charge in [-0.05, 0) is 72.9 Å². The van der Waals surface area contributed by atoms with E-state index in [4.69, 9.17) is 15.5 Å². The lowest BCUT2D eigenvalue weighted by molar-refractivity contribution is 0.0706. The summed E-state index contributed by atoms with van der Waals surface area (Å²) in [6.45, 7) is 3.13. The quantitative estimate of drug-likeness (QED) is 0.411. The van der Waals surface area contributed by atoms with Gasteiger partial charge in [-0.3, -0.25) is 10.0 Å². The van der Waals surface area contributed by atoms with Crippen molar-refractivity contribution in [2.24, 2.45) is 11.8 Å². The third-order valence-electron chi connectivity index (χ3n) is 6.72. The van der Waals surface area contributed by atoms with Crippen LogP contribution in [0.2, 0.25) is 0 Å². The summed E-state index contributed by atoms with van der Waals surface area (Å²) in [6.07, 6.45) is 0.993. The molecule has 0 spiro atoms. The van der Waals surface area contributed by atoms with Crippen LogP contribution in [0.4, 0.5) is 16.3 Å². The monoisotopic (exact) mass is 456 g/mol. The second kappa shape index (κ2) is 9.00. The second-order valence-electron chi connectivity index (χ2n) is 8.80. The molecule has 3 aromatic rings. The predicted octanol–water partition coefficient (Wildman–Crippen LogP) is 3.22. The Bertz CT molecular complexity index is 1290. The van der Waals surface area contributed by atoms with Gasteiger partial charge in [0.1, 0.15) is 5.82 Å². The summed E-state index contributed by atoms with van der Waals surface area (Å²) in [7, 11) is 0. The van der Waals surface area contributed by atoms with Crippen LogP contribution in [0.3, 0.4) is 0 Å². The molecule has 0 saturated carbocycles. The number of urea groups is 1. The lowest BCUT2D eigenvalue weighted by atomic mass is 9.89. The van der Waals surface area contributed by atoms with Crippen molar-refractivity contribution in [3.63, 3.8) is 0 Å². The van der Waals surface area contributed by atoms with Crippen LogP contribution in [-0.2, 0) is 0 Å². The van der Waals surface area contributed by atoms with E-state index in [1.54, 1.807) is 35.8 Å². The molecule has 2 unspecified atom stereocenters. The van der Waals surface area contributed by atoms with Crippen molar-refractivity contribution < 1.29 is 14.8 Å². The Hall–Kier alpha value is -4.16. The summed E-state index contributed by atoms with van der Waals surface area (Å²) in [5.41, 5.74) is 3.98. The van der Waals surface area contributed by atoms with Crippen LogP contribution < -0.4 is 15.7 Å². The molecule has 172 valence electrons. The summed E-state index contributed by atoms with van der Waals surface area (Å²) in [4.78, 5) is 33.2. The summed E-state index contributed by atoms with van der Waals surface area (Å²) in [6, 6.07) is 17.9. The lowest BCUT2D eigenvalue weighted by Gasteiger charge is -2.35. The van der Waals surface area contributed by atoms with E-state index in [9.17, 15) is 9.59 Å². The highest BCUT2D eigenvalue weighted by Crippen LogP contribution is 2.33. The van der Waals surface area contributed by atoms with Gasteiger partial charge in [-0.1, -0.05) is 0 Å². The maximum Gasteiger partial charge on any atom is 0.321 e. The van der Waals surface area contributed by atoms with E-state index < -0.39 is 5.91 Å².